The fraction of sp³-hybridized carbons (Fsp3) is 0.214. The molecule has 1 aromatic carbocycles. The number of halogens is 3. The number of ether oxygens (including phenoxy) is 1. The summed E-state index contributed by atoms with van der Waals surface area (Å²) in [6, 6.07) is 6.65. The lowest BCUT2D eigenvalue weighted by atomic mass is 10.3. The van der Waals surface area contributed by atoms with E-state index in [1.54, 1.807) is 0 Å². The van der Waals surface area contributed by atoms with Crippen LogP contribution in [0.2, 0.25) is 0 Å². The number of aromatic amines is 1. The van der Waals surface area contributed by atoms with Gasteiger partial charge in [-0.25, -0.2) is 4.79 Å². The lowest BCUT2D eigenvalue weighted by Gasteiger charge is -2.14. The van der Waals surface area contributed by atoms with Crippen molar-refractivity contribution in [2.24, 2.45) is 0 Å². The van der Waals surface area contributed by atoms with E-state index in [1.165, 1.54) is 24.3 Å². The fourth-order valence-corrected chi connectivity index (χ4v) is 1.77. The maximum atomic E-state index is 12.2. The quantitative estimate of drug-likeness (QED) is 0.851. The maximum absolute atomic E-state index is 12.2. The molecule has 0 fully saturated rings. The molecule has 0 atom stereocenters. The molecule has 2 rings (SSSR count). The first kappa shape index (κ1) is 17.3. The highest BCUT2D eigenvalue weighted by Gasteiger charge is 2.28. The number of benzene rings is 1. The van der Waals surface area contributed by atoms with Gasteiger partial charge < -0.3 is 10.1 Å². The molecular weight excluding hydrogens is 331 g/mol. The first-order chi connectivity index (χ1) is 11.2. The zero-order valence-electron chi connectivity index (χ0n) is 12.1. The average molecular weight is 343 g/mol. The molecule has 10 heteroatoms. The summed E-state index contributed by atoms with van der Waals surface area (Å²) >= 11 is 0. The molecule has 1 aromatic heterocycles. The van der Waals surface area contributed by atoms with Crippen molar-refractivity contribution in [2.75, 3.05) is 11.9 Å². The Morgan fingerprint density at radius 1 is 1.21 bits per heavy atom. The molecule has 1 heterocycles. The number of aromatic nitrogens is 2. The van der Waals surface area contributed by atoms with Crippen molar-refractivity contribution in [1.29, 1.82) is 0 Å². The highest BCUT2D eigenvalue weighted by Crippen LogP contribution is 2.26. The third-order valence-corrected chi connectivity index (χ3v) is 2.76. The van der Waals surface area contributed by atoms with Gasteiger partial charge in [0.2, 0.25) is 5.91 Å². The number of hydrogen-bond donors (Lipinski definition) is 2. The molecule has 0 spiro atoms. The summed E-state index contributed by atoms with van der Waals surface area (Å²) in [7, 11) is 0. The third kappa shape index (κ3) is 5.00. The monoisotopic (exact) mass is 343 g/mol. The average Bonchev–Trinajstić information content (AvgIpc) is 2.48. The molecule has 7 nitrogen and oxygen atoms in total. The summed E-state index contributed by atoms with van der Waals surface area (Å²) < 4.78 is 42.2. The van der Waals surface area contributed by atoms with Crippen molar-refractivity contribution in [3.05, 3.63) is 57.4 Å². The second-order valence-electron chi connectivity index (χ2n) is 4.69. The van der Waals surface area contributed by atoms with Crippen molar-refractivity contribution in [2.45, 2.75) is 12.7 Å². The lowest BCUT2D eigenvalue weighted by Crippen LogP contribution is -2.32. The van der Waals surface area contributed by atoms with Gasteiger partial charge in [0.25, 0.3) is 5.56 Å². The number of para-hydroxylation sites is 2. The zero-order chi connectivity index (χ0) is 17.7. The minimum atomic E-state index is -4.51. The van der Waals surface area contributed by atoms with Crippen LogP contribution >= 0.6 is 0 Å². The first-order valence-corrected chi connectivity index (χ1v) is 6.63. The van der Waals surface area contributed by atoms with Gasteiger partial charge in [-0.05, 0) is 12.1 Å². The molecule has 1 amide bonds. The largest absolute Gasteiger partial charge is 0.482 e. The van der Waals surface area contributed by atoms with Crippen molar-refractivity contribution < 1.29 is 22.7 Å². The summed E-state index contributed by atoms with van der Waals surface area (Å²) in [6.45, 7) is -1.93. The molecule has 0 bridgehead atoms. The van der Waals surface area contributed by atoms with E-state index in [-0.39, 0.29) is 11.4 Å². The summed E-state index contributed by atoms with van der Waals surface area (Å²) in [4.78, 5) is 36.3. The van der Waals surface area contributed by atoms with Crippen LogP contribution in [0.25, 0.3) is 0 Å². The molecule has 2 N–H and O–H groups in total. The van der Waals surface area contributed by atoms with Crippen LogP contribution in [0.5, 0.6) is 5.75 Å². The van der Waals surface area contributed by atoms with Gasteiger partial charge in [-0.1, -0.05) is 12.1 Å². The van der Waals surface area contributed by atoms with Crippen molar-refractivity contribution in [1.82, 2.24) is 9.55 Å². The molecule has 0 unspecified atom stereocenters. The molecule has 0 saturated heterocycles. The minimum Gasteiger partial charge on any atom is -0.482 e. The number of hydrogen-bond acceptors (Lipinski definition) is 4. The summed E-state index contributed by atoms with van der Waals surface area (Å²) in [6.07, 6.45) is -3.38. The molecule has 0 saturated carbocycles. The molecule has 0 aliphatic heterocycles. The van der Waals surface area contributed by atoms with Crippen LogP contribution in [0.3, 0.4) is 0 Å². The van der Waals surface area contributed by atoms with Gasteiger partial charge in [0.1, 0.15) is 12.3 Å². The molecule has 24 heavy (non-hydrogen) atoms. The highest BCUT2D eigenvalue weighted by molar-refractivity contribution is 5.92. The van der Waals surface area contributed by atoms with Crippen LogP contribution in [0, 0.1) is 0 Å². The topological polar surface area (TPSA) is 93.2 Å². The van der Waals surface area contributed by atoms with E-state index in [0.29, 0.717) is 0 Å². The summed E-state index contributed by atoms with van der Waals surface area (Å²) in [5, 5.41) is 2.35. The van der Waals surface area contributed by atoms with E-state index in [9.17, 15) is 27.6 Å². The second-order valence-corrected chi connectivity index (χ2v) is 4.69. The Hall–Kier alpha value is -3.04. The molecule has 2 aromatic rings. The Balaban J connectivity index is 2.09. The first-order valence-electron chi connectivity index (χ1n) is 6.63. The van der Waals surface area contributed by atoms with Crippen LogP contribution in [-0.4, -0.2) is 28.2 Å². The van der Waals surface area contributed by atoms with Crippen molar-refractivity contribution in [3.63, 3.8) is 0 Å². The normalized spacial score (nSPS) is 11.1. The number of H-pyrrole nitrogens is 1. The lowest BCUT2D eigenvalue weighted by molar-refractivity contribution is -0.153. The maximum Gasteiger partial charge on any atom is 0.422 e. The Labute approximate surface area is 132 Å². The molecule has 0 radical (unpaired) electrons. The summed E-state index contributed by atoms with van der Waals surface area (Å²) in [5.74, 6) is -0.829. The van der Waals surface area contributed by atoms with E-state index in [2.05, 4.69) is 10.1 Å². The van der Waals surface area contributed by atoms with Crippen molar-refractivity contribution >= 4 is 11.6 Å². The van der Waals surface area contributed by atoms with Crippen LogP contribution < -0.4 is 21.3 Å². The molecular formula is C14H12F3N3O4. The number of nitrogens with zero attached hydrogens (tertiary/aromatic N) is 1. The highest BCUT2D eigenvalue weighted by atomic mass is 19.4. The van der Waals surface area contributed by atoms with E-state index >= 15 is 0 Å². The smallest absolute Gasteiger partial charge is 0.422 e. The number of carbonyl (C=O) groups excluding carboxylic acids is 1. The number of anilines is 1. The van der Waals surface area contributed by atoms with Crippen LogP contribution in [0.1, 0.15) is 0 Å². The fourth-order valence-electron chi connectivity index (χ4n) is 1.77. The molecule has 128 valence electrons. The Morgan fingerprint density at radius 3 is 2.58 bits per heavy atom. The van der Waals surface area contributed by atoms with Crippen LogP contribution in [-0.2, 0) is 11.3 Å². The van der Waals surface area contributed by atoms with E-state index < -0.39 is 36.5 Å². The van der Waals surface area contributed by atoms with Gasteiger partial charge in [-0.3, -0.25) is 19.1 Å². The third-order valence-electron chi connectivity index (χ3n) is 2.76. The van der Waals surface area contributed by atoms with Gasteiger partial charge >= 0.3 is 11.9 Å². The molecule has 0 aliphatic rings. The van der Waals surface area contributed by atoms with E-state index in [0.717, 1.165) is 16.8 Å². The molecule has 0 aliphatic carbocycles. The van der Waals surface area contributed by atoms with Crippen LogP contribution in [0.15, 0.2) is 46.1 Å². The Kier molecular flexibility index (Phi) is 5.07. The second kappa shape index (κ2) is 7.02. The predicted octanol–water partition coefficient (Wildman–Crippen LogP) is 1.12. The van der Waals surface area contributed by atoms with E-state index in [1.807, 2.05) is 4.98 Å². The van der Waals surface area contributed by atoms with Crippen LogP contribution in [0.4, 0.5) is 18.9 Å². The van der Waals surface area contributed by atoms with Gasteiger partial charge in [0, 0.05) is 12.3 Å². The van der Waals surface area contributed by atoms with Crippen molar-refractivity contribution in [3.8, 4) is 5.75 Å². The van der Waals surface area contributed by atoms with Gasteiger partial charge in [0.05, 0.1) is 5.69 Å². The Morgan fingerprint density at radius 2 is 1.92 bits per heavy atom. The standard InChI is InChI=1S/C14H12F3N3O4/c15-14(16,17)8-24-10-4-2-1-3-9(10)18-12(22)7-20-6-5-11(21)19-13(20)23/h1-6H,7-8H2,(H,18,22)(H,19,21,23). The minimum absolute atomic E-state index is 0.0317. The SMILES string of the molecule is O=C(Cn1ccc(=O)[nH]c1=O)Nc1ccccc1OCC(F)(F)F. The van der Waals surface area contributed by atoms with Gasteiger partial charge in [-0.2, -0.15) is 13.2 Å². The van der Waals surface area contributed by atoms with Gasteiger partial charge in [-0.15, -0.1) is 0 Å². The zero-order valence-corrected chi connectivity index (χ0v) is 12.1. The van der Waals surface area contributed by atoms with E-state index in [4.69, 9.17) is 0 Å². The predicted molar refractivity (Wildman–Crippen MR) is 77.9 cm³/mol. The van der Waals surface area contributed by atoms with Gasteiger partial charge in [0.15, 0.2) is 6.61 Å². The number of alkyl halides is 3. The Bertz CT molecular complexity index is 842. The number of amides is 1. The number of carbonyl (C=O) groups is 1. The number of rotatable bonds is 5. The summed E-state index contributed by atoms with van der Waals surface area (Å²) in [5.41, 5.74) is -1.36. The number of nitrogens with one attached hydrogen (secondary N) is 2.